The van der Waals surface area contributed by atoms with Crippen molar-refractivity contribution in [2.45, 2.75) is 25.9 Å². The molecule has 0 saturated heterocycles. The van der Waals surface area contributed by atoms with Gasteiger partial charge in [-0.25, -0.2) is 0 Å². The molecule has 0 aliphatic carbocycles. The van der Waals surface area contributed by atoms with Gasteiger partial charge in [0, 0.05) is 5.69 Å². The smallest absolute Gasteiger partial charge is 0.238 e. The molecule has 1 aromatic rings. The number of anilines is 1. The number of aliphatic hydroxyl groups is 1. The summed E-state index contributed by atoms with van der Waals surface area (Å²) >= 11 is 0. The zero-order valence-corrected chi connectivity index (χ0v) is 10.1. The van der Waals surface area contributed by atoms with Crippen molar-refractivity contribution in [3.05, 3.63) is 30.3 Å². The minimum absolute atomic E-state index is 0.0479. The number of amides is 1. The third-order valence-corrected chi connectivity index (χ3v) is 2.32. The Balaban J connectivity index is 2.10. The molecular weight excluding hydrogens is 216 g/mol. The van der Waals surface area contributed by atoms with Crippen molar-refractivity contribution >= 4 is 11.6 Å². The van der Waals surface area contributed by atoms with Crippen molar-refractivity contribution in [1.82, 2.24) is 5.32 Å². The SMILES string of the molecule is CC(O)CCCNCC(=O)Nc1ccccc1. The van der Waals surface area contributed by atoms with Gasteiger partial charge in [-0.15, -0.1) is 0 Å². The van der Waals surface area contributed by atoms with Crippen LogP contribution in [0.25, 0.3) is 0 Å². The van der Waals surface area contributed by atoms with Gasteiger partial charge in [-0.1, -0.05) is 18.2 Å². The largest absolute Gasteiger partial charge is 0.393 e. The van der Waals surface area contributed by atoms with Crippen LogP contribution in [0.4, 0.5) is 5.69 Å². The molecule has 1 amide bonds. The fourth-order valence-electron chi connectivity index (χ4n) is 1.45. The van der Waals surface area contributed by atoms with Crippen LogP contribution in [0.3, 0.4) is 0 Å². The van der Waals surface area contributed by atoms with Crippen LogP contribution >= 0.6 is 0 Å². The van der Waals surface area contributed by atoms with Crippen LogP contribution < -0.4 is 10.6 Å². The first kappa shape index (κ1) is 13.7. The molecule has 0 fully saturated rings. The fourth-order valence-corrected chi connectivity index (χ4v) is 1.45. The van der Waals surface area contributed by atoms with E-state index >= 15 is 0 Å². The van der Waals surface area contributed by atoms with Crippen LogP contribution in [0.15, 0.2) is 30.3 Å². The van der Waals surface area contributed by atoms with E-state index in [4.69, 9.17) is 5.11 Å². The van der Waals surface area contributed by atoms with Crippen LogP contribution in [-0.4, -0.2) is 30.2 Å². The first-order valence-electron chi connectivity index (χ1n) is 5.92. The van der Waals surface area contributed by atoms with E-state index in [0.29, 0.717) is 6.54 Å². The summed E-state index contributed by atoms with van der Waals surface area (Å²) in [5, 5.41) is 14.9. The van der Waals surface area contributed by atoms with E-state index in [1.807, 2.05) is 30.3 Å². The summed E-state index contributed by atoms with van der Waals surface area (Å²) in [6, 6.07) is 9.37. The minimum atomic E-state index is -0.269. The maximum Gasteiger partial charge on any atom is 0.238 e. The van der Waals surface area contributed by atoms with Gasteiger partial charge in [0.25, 0.3) is 0 Å². The van der Waals surface area contributed by atoms with E-state index in [0.717, 1.165) is 25.1 Å². The zero-order chi connectivity index (χ0) is 12.5. The standard InChI is InChI=1S/C13H20N2O2/c1-11(16)6-5-9-14-10-13(17)15-12-7-3-2-4-8-12/h2-4,7-8,11,14,16H,5-6,9-10H2,1H3,(H,15,17). The highest BCUT2D eigenvalue weighted by Gasteiger charge is 2.01. The minimum Gasteiger partial charge on any atom is -0.393 e. The van der Waals surface area contributed by atoms with Crippen LogP contribution in [0.5, 0.6) is 0 Å². The maximum absolute atomic E-state index is 11.5. The van der Waals surface area contributed by atoms with Gasteiger partial charge in [0.05, 0.1) is 12.6 Å². The molecule has 17 heavy (non-hydrogen) atoms. The summed E-state index contributed by atoms with van der Waals surface area (Å²) in [7, 11) is 0. The molecule has 94 valence electrons. The molecular formula is C13H20N2O2. The Labute approximate surface area is 102 Å². The topological polar surface area (TPSA) is 61.4 Å². The van der Waals surface area contributed by atoms with Gasteiger partial charge in [-0.2, -0.15) is 0 Å². The number of carbonyl (C=O) groups excluding carboxylic acids is 1. The Hall–Kier alpha value is -1.39. The second-order valence-electron chi connectivity index (χ2n) is 4.08. The predicted molar refractivity (Wildman–Crippen MR) is 68.9 cm³/mol. The van der Waals surface area contributed by atoms with Gasteiger partial charge in [-0.3, -0.25) is 4.79 Å². The lowest BCUT2D eigenvalue weighted by molar-refractivity contribution is -0.115. The molecule has 1 unspecified atom stereocenters. The molecule has 0 aliphatic rings. The van der Waals surface area contributed by atoms with Gasteiger partial charge in [0.15, 0.2) is 0 Å². The molecule has 1 aromatic carbocycles. The highest BCUT2D eigenvalue weighted by atomic mass is 16.3. The Morgan fingerprint density at radius 1 is 1.35 bits per heavy atom. The molecule has 0 spiro atoms. The van der Waals surface area contributed by atoms with Crippen molar-refractivity contribution in [2.75, 3.05) is 18.4 Å². The molecule has 3 N–H and O–H groups in total. The number of hydrogen-bond acceptors (Lipinski definition) is 3. The van der Waals surface area contributed by atoms with Gasteiger partial charge >= 0.3 is 0 Å². The Morgan fingerprint density at radius 3 is 2.71 bits per heavy atom. The molecule has 1 atom stereocenters. The number of para-hydroxylation sites is 1. The second-order valence-corrected chi connectivity index (χ2v) is 4.08. The average molecular weight is 236 g/mol. The van der Waals surface area contributed by atoms with E-state index in [1.165, 1.54) is 0 Å². The highest BCUT2D eigenvalue weighted by Crippen LogP contribution is 2.03. The van der Waals surface area contributed by atoms with Crippen molar-refractivity contribution in [3.8, 4) is 0 Å². The highest BCUT2D eigenvalue weighted by molar-refractivity contribution is 5.92. The molecule has 0 saturated carbocycles. The van der Waals surface area contributed by atoms with Gasteiger partial charge in [-0.05, 0) is 38.4 Å². The second kappa shape index (κ2) is 7.81. The molecule has 0 aromatic heterocycles. The first-order chi connectivity index (χ1) is 8.18. The molecule has 0 aliphatic heterocycles. The molecule has 0 bridgehead atoms. The molecule has 0 radical (unpaired) electrons. The van der Waals surface area contributed by atoms with Crippen molar-refractivity contribution < 1.29 is 9.90 Å². The van der Waals surface area contributed by atoms with E-state index in [1.54, 1.807) is 6.92 Å². The van der Waals surface area contributed by atoms with Gasteiger partial charge in [0.1, 0.15) is 0 Å². The van der Waals surface area contributed by atoms with Crippen molar-refractivity contribution in [3.63, 3.8) is 0 Å². The fraction of sp³-hybridized carbons (Fsp3) is 0.462. The summed E-state index contributed by atoms with van der Waals surface area (Å²) in [5.74, 6) is -0.0479. The number of hydrogen-bond donors (Lipinski definition) is 3. The van der Waals surface area contributed by atoms with E-state index in [2.05, 4.69) is 10.6 Å². The van der Waals surface area contributed by atoms with Crippen molar-refractivity contribution in [1.29, 1.82) is 0 Å². The monoisotopic (exact) mass is 236 g/mol. The molecule has 1 rings (SSSR count). The summed E-state index contributed by atoms with van der Waals surface area (Å²) in [4.78, 5) is 11.5. The molecule has 4 heteroatoms. The van der Waals surface area contributed by atoms with Gasteiger partial charge in [0.2, 0.25) is 5.91 Å². The van der Waals surface area contributed by atoms with Crippen LogP contribution in [-0.2, 0) is 4.79 Å². The predicted octanol–water partition coefficient (Wildman–Crippen LogP) is 1.38. The zero-order valence-electron chi connectivity index (χ0n) is 10.1. The molecule has 0 heterocycles. The number of carbonyl (C=O) groups is 1. The van der Waals surface area contributed by atoms with E-state index in [-0.39, 0.29) is 12.0 Å². The van der Waals surface area contributed by atoms with E-state index < -0.39 is 0 Å². The van der Waals surface area contributed by atoms with E-state index in [9.17, 15) is 4.79 Å². The lowest BCUT2D eigenvalue weighted by Crippen LogP contribution is -2.29. The maximum atomic E-state index is 11.5. The average Bonchev–Trinajstić information content (AvgIpc) is 2.29. The van der Waals surface area contributed by atoms with Crippen LogP contribution in [0.2, 0.25) is 0 Å². The summed E-state index contributed by atoms with van der Waals surface area (Å²) in [5.41, 5.74) is 0.809. The third-order valence-electron chi connectivity index (χ3n) is 2.32. The van der Waals surface area contributed by atoms with Gasteiger partial charge < -0.3 is 15.7 Å². The van der Waals surface area contributed by atoms with Crippen LogP contribution in [0, 0.1) is 0 Å². The lowest BCUT2D eigenvalue weighted by atomic mass is 10.2. The quantitative estimate of drug-likeness (QED) is 0.627. The lowest BCUT2D eigenvalue weighted by Gasteiger charge is -2.07. The summed E-state index contributed by atoms with van der Waals surface area (Å²) in [6.45, 7) is 2.81. The van der Waals surface area contributed by atoms with Crippen molar-refractivity contribution in [2.24, 2.45) is 0 Å². The Morgan fingerprint density at radius 2 is 2.06 bits per heavy atom. The van der Waals surface area contributed by atoms with Crippen LogP contribution in [0.1, 0.15) is 19.8 Å². The molecule has 4 nitrogen and oxygen atoms in total. The summed E-state index contributed by atoms with van der Waals surface area (Å²) < 4.78 is 0. The Bertz CT molecular complexity index is 325. The number of aliphatic hydroxyl groups excluding tert-OH is 1. The number of benzene rings is 1. The first-order valence-corrected chi connectivity index (χ1v) is 5.92. The Kier molecular flexibility index (Phi) is 6.29. The third kappa shape index (κ3) is 6.71. The summed E-state index contributed by atoms with van der Waals surface area (Å²) in [6.07, 6.45) is 1.36. The normalized spacial score (nSPS) is 12.1. The number of rotatable bonds is 7. The number of nitrogens with one attached hydrogen (secondary N) is 2.